The average molecular weight is 231 g/mol. The highest BCUT2D eigenvalue weighted by Gasteiger charge is 2.06. The number of nitrogens with zero attached hydrogens (tertiary/aromatic N) is 2. The maximum absolute atomic E-state index is 6.08. The van der Waals surface area contributed by atoms with Crippen molar-refractivity contribution >= 4 is 11.8 Å². The van der Waals surface area contributed by atoms with Crippen molar-refractivity contribution in [2.45, 2.75) is 11.1 Å². The minimum atomic E-state index is 0.0427. The zero-order valence-corrected chi connectivity index (χ0v) is 9.60. The number of hydrogen-bond donors (Lipinski definition) is 1. The molecule has 0 spiro atoms. The zero-order valence-electron chi connectivity index (χ0n) is 8.78. The summed E-state index contributed by atoms with van der Waals surface area (Å²) in [6.07, 6.45) is 3.29. The molecule has 2 N–H and O–H groups in total. The predicted octanol–water partition coefficient (Wildman–Crippen LogP) is 2.27. The molecule has 4 heteroatoms. The molecular weight excluding hydrogens is 218 g/mol. The lowest BCUT2D eigenvalue weighted by molar-refractivity contribution is 0.829. The van der Waals surface area contributed by atoms with Gasteiger partial charge in [0.05, 0.1) is 5.03 Å². The van der Waals surface area contributed by atoms with Crippen LogP contribution in [-0.4, -0.2) is 15.7 Å². The summed E-state index contributed by atoms with van der Waals surface area (Å²) in [5.74, 6) is 0.820. The monoisotopic (exact) mass is 231 g/mol. The fraction of sp³-hybridized carbons (Fsp3) is 0.167. The van der Waals surface area contributed by atoms with E-state index in [0.29, 0.717) is 0 Å². The molecule has 0 bridgehead atoms. The van der Waals surface area contributed by atoms with Crippen LogP contribution in [0, 0.1) is 0 Å². The Hall–Kier alpha value is -1.39. The third kappa shape index (κ3) is 3.05. The van der Waals surface area contributed by atoms with Crippen LogP contribution in [0.4, 0.5) is 0 Å². The SMILES string of the molecule is NC(CSc1ccncn1)c1ccccc1. The summed E-state index contributed by atoms with van der Waals surface area (Å²) in [5.41, 5.74) is 7.24. The van der Waals surface area contributed by atoms with Crippen LogP contribution in [0.25, 0.3) is 0 Å². The van der Waals surface area contributed by atoms with E-state index in [1.165, 1.54) is 0 Å². The molecule has 0 fully saturated rings. The first-order valence-corrected chi connectivity index (χ1v) is 6.04. The molecule has 0 aliphatic rings. The van der Waals surface area contributed by atoms with Crippen molar-refractivity contribution in [3.8, 4) is 0 Å². The molecule has 16 heavy (non-hydrogen) atoms. The van der Waals surface area contributed by atoms with E-state index in [4.69, 9.17) is 5.73 Å². The highest BCUT2D eigenvalue weighted by molar-refractivity contribution is 7.99. The highest BCUT2D eigenvalue weighted by atomic mass is 32.2. The molecule has 2 rings (SSSR count). The molecule has 3 nitrogen and oxygen atoms in total. The van der Waals surface area contributed by atoms with Gasteiger partial charge in [-0.2, -0.15) is 0 Å². The fourth-order valence-corrected chi connectivity index (χ4v) is 2.16. The zero-order chi connectivity index (χ0) is 11.2. The van der Waals surface area contributed by atoms with E-state index in [1.807, 2.05) is 36.4 Å². The number of aromatic nitrogens is 2. The van der Waals surface area contributed by atoms with E-state index in [-0.39, 0.29) is 6.04 Å². The van der Waals surface area contributed by atoms with Crippen molar-refractivity contribution in [1.82, 2.24) is 9.97 Å². The first kappa shape index (κ1) is 11.1. The molecule has 0 aliphatic carbocycles. The smallest absolute Gasteiger partial charge is 0.116 e. The van der Waals surface area contributed by atoms with E-state index in [1.54, 1.807) is 24.3 Å². The third-order valence-corrected chi connectivity index (χ3v) is 3.26. The Kier molecular flexibility index (Phi) is 3.91. The maximum atomic E-state index is 6.08. The standard InChI is InChI=1S/C12H13N3S/c13-11(10-4-2-1-3-5-10)8-16-12-6-7-14-9-15-12/h1-7,9,11H,8,13H2. The molecule has 1 atom stereocenters. The topological polar surface area (TPSA) is 51.8 Å². The lowest BCUT2D eigenvalue weighted by Crippen LogP contribution is -2.12. The van der Waals surface area contributed by atoms with Gasteiger partial charge in [-0.1, -0.05) is 30.3 Å². The lowest BCUT2D eigenvalue weighted by Gasteiger charge is -2.10. The summed E-state index contributed by atoms with van der Waals surface area (Å²) < 4.78 is 0. The van der Waals surface area contributed by atoms with Gasteiger partial charge in [-0.05, 0) is 11.6 Å². The van der Waals surface area contributed by atoms with Crippen LogP contribution >= 0.6 is 11.8 Å². The molecule has 0 saturated carbocycles. The number of thioether (sulfide) groups is 1. The van der Waals surface area contributed by atoms with Crippen LogP contribution in [0.15, 0.2) is 53.9 Å². The highest BCUT2D eigenvalue weighted by Crippen LogP contribution is 2.20. The number of benzene rings is 1. The Labute approximate surface area is 99.1 Å². The Balaban J connectivity index is 1.92. The molecule has 0 amide bonds. The van der Waals surface area contributed by atoms with Crippen molar-refractivity contribution < 1.29 is 0 Å². The van der Waals surface area contributed by atoms with Crippen molar-refractivity contribution in [2.24, 2.45) is 5.73 Å². The summed E-state index contributed by atoms with van der Waals surface area (Å²) >= 11 is 1.65. The second-order valence-electron chi connectivity index (χ2n) is 3.38. The Morgan fingerprint density at radius 1 is 1.19 bits per heavy atom. The summed E-state index contributed by atoms with van der Waals surface area (Å²) in [4.78, 5) is 8.02. The Bertz CT molecular complexity index is 419. The van der Waals surface area contributed by atoms with E-state index in [9.17, 15) is 0 Å². The summed E-state index contributed by atoms with van der Waals surface area (Å²) in [7, 11) is 0. The van der Waals surface area contributed by atoms with Crippen LogP contribution in [0.2, 0.25) is 0 Å². The summed E-state index contributed by atoms with van der Waals surface area (Å²) in [5, 5.41) is 0.960. The van der Waals surface area contributed by atoms with Gasteiger partial charge in [-0.25, -0.2) is 9.97 Å². The predicted molar refractivity (Wildman–Crippen MR) is 66.1 cm³/mol. The molecule has 1 aromatic heterocycles. The van der Waals surface area contributed by atoms with E-state index >= 15 is 0 Å². The second kappa shape index (κ2) is 5.63. The quantitative estimate of drug-likeness (QED) is 0.648. The molecular formula is C12H13N3S. The number of nitrogens with two attached hydrogens (primary N) is 1. The number of hydrogen-bond acceptors (Lipinski definition) is 4. The molecule has 0 saturated heterocycles. The van der Waals surface area contributed by atoms with E-state index < -0.39 is 0 Å². The van der Waals surface area contributed by atoms with Crippen LogP contribution in [0.3, 0.4) is 0 Å². The van der Waals surface area contributed by atoms with Gasteiger partial charge in [0.2, 0.25) is 0 Å². The van der Waals surface area contributed by atoms with Gasteiger partial charge in [0, 0.05) is 18.0 Å². The molecule has 1 unspecified atom stereocenters. The first-order chi connectivity index (χ1) is 7.86. The molecule has 2 aromatic rings. The maximum Gasteiger partial charge on any atom is 0.116 e. The summed E-state index contributed by atoms with van der Waals surface area (Å²) in [6, 6.07) is 12.0. The van der Waals surface area contributed by atoms with Crippen molar-refractivity contribution in [2.75, 3.05) is 5.75 Å². The van der Waals surface area contributed by atoms with Gasteiger partial charge in [-0.15, -0.1) is 11.8 Å². The van der Waals surface area contributed by atoms with Crippen molar-refractivity contribution in [3.63, 3.8) is 0 Å². The molecule has 1 heterocycles. The lowest BCUT2D eigenvalue weighted by atomic mass is 10.1. The number of rotatable bonds is 4. The average Bonchev–Trinajstić information content (AvgIpc) is 2.38. The van der Waals surface area contributed by atoms with Crippen LogP contribution in [-0.2, 0) is 0 Å². The van der Waals surface area contributed by atoms with Crippen molar-refractivity contribution in [1.29, 1.82) is 0 Å². The third-order valence-electron chi connectivity index (χ3n) is 2.19. The van der Waals surface area contributed by atoms with Gasteiger partial charge in [0.1, 0.15) is 6.33 Å². The summed E-state index contributed by atoms with van der Waals surface area (Å²) in [6.45, 7) is 0. The molecule has 0 radical (unpaired) electrons. The van der Waals surface area contributed by atoms with Crippen molar-refractivity contribution in [3.05, 3.63) is 54.5 Å². The van der Waals surface area contributed by atoms with E-state index in [2.05, 4.69) is 9.97 Å². The normalized spacial score (nSPS) is 12.3. The van der Waals surface area contributed by atoms with Gasteiger partial charge in [0.15, 0.2) is 0 Å². The Morgan fingerprint density at radius 3 is 2.69 bits per heavy atom. The molecule has 82 valence electrons. The minimum Gasteiger partial charge on any atom is -0.323 e. The Morgan fingerprint density at radius 2 is 2.00 bits per heavy atom. The fourth-order valence-electron chi connectivity index (χ4n) is 1.34. The first-order valence-electron chi connectivity index (χ1n) is 5.05. The largest absolute Gasteiger partial charge is 0.323 e. The molecule has 0 aliphatic heterocycles. The second-order valence-corrected chi connectivity index (χ2v) is 4.42. The van der Waals surface area contributed by atoms with Gasteiger partial charge in [0.25, 0.3) is 0 Å². The minimum absolute atomic E-state index is 0.0427. The van der Waals surface area contributed by atoms with Gasteiger partial charge >= 0.3 is 0 Å². The van der Waals surface area contributed by atoms with E-state index in [0.717, 1.165) is 16.3 Å². The van der Waals surface area contributed by atoms with Crippen LogP contribution in [0.1, 0.15) is 11.6 Å². The molecule has 1 aromatic carbocycles. The van der Waals surface area contributed by atoms with Gasteiger partial charge in [-0.3, -0.25) is 0 Å². The van der Waals surface area contributed by atoms with Crippen LogP contribution in [0.5, 0.6) is 0 Å². The van der Waals surface area contributed by atoms with Gasteiger partial charge < -0.3 is 5.73 Å². The van der Waals surface area contributed by atoms with Crippen LogP contribution < -0.4 is 5.73 Å².